The van der Waals surface area contributed by atoms with E-state index < -0.39 is 22.6 Å². The summed E-state index contributed by atoms with van der Waals surface area (Å²) in [5.41, 5.74) is 0.113. The van der Waals surface area contributed by atoms with E-state index in [-0.39, 0.29) is 28.1 Å². The van der Waals surface area contributed by atoms with Gasteiger partial charge in [0, 0.05) is 10.5 Å². The van der Waals surface area contributed by atoms with Crippen molar-refractivity contribution in [2.45, 2.75) is 43.0 Å². The second kappa shape index (κ2) is 10.1. The van der Waals surface area contributed by atoms with Gasteiger partial charge in [0.1, 0.15) is 0 Å². The van der Waals surface area contributed by atoms with Crippen LogP contribution < -0.4 is 10.0 Å². The molecule has 2 aromatic carbocycles. The highest BCUT2D eigenvalue weighted by Gasteiger charge is 2.21. The van der Waals surface area contributed by atoms with Crippen LogP contribution >= 0.6 is 15.9 Å². The molecule has 1 saturated carbocycles. The number of benzene rings is 2. The third-order valence-corrected chi connectivity index (χ3v) is 6.73. The molecule has 160 valence electrons. The number of rotatable bonds is 7. The number of halogens is 1. The van der Waals surface area contributed by atoms with Crippen molar-refractivity contribution in [2.75, 3.05) is 11.3 Å². The van der Waals surface area contributed by atoms with Gasteiger partial charge in [-0.15, -0.1) is 0 Å². The number of anilines is 1. The van der Waals surface area contributed by atoms with Gasteiger partial charge in [-0.3, -0.25) is 9.52 Å². The largest absolute Gasteiger partial charge is 0.452 e. The van der Waals surface area contributed by atoms with Crippen molar-refractivity contribution >= 4 is 43.5 Å². The van der Waals surface area contributed by atoms with Gasteiger partial charge in [-0.2, -0.15) is 0 Å². The topological polar surface area (TPSA) is 102 Å². The van der Waals surface area contributed by atoms with Gasteiger partial charge in [0.05, 0.1) is 16.1 Å². The maximum absolute atomic E-state index is 12.6. The first-order valence-electron chi connectivity index (χ1n) is 9.69. The fraction of sp³-hybridized carbons (Fsp3) is 0.333. The van der Waals surface area contributed by atoms with Crippen LogP contribution in [0.1, 0.15) is 42.5 Å². The fourth-order valence-electron chi connectivity index (χ4n) is 3.29. The summed E-state index contributed by atoms with van der Waals surface area (Å²) >= 11 is 3.26. The van der Waals surface area contributed by atoms with Crippen LogP contribution in [0.15, 0.2) is 57.9 Å². The van der Waals surface area contributed by atoms with Crippen LogP contribution in [-0.4, -0.2) is 32.9 Å². The summed E-state index contributed by atoms with van der Waals surface area (Å²) in [6.07, 6.45) is 5.20. The average molecular weight is 495 g/mol. The first kappa shape index (κ1) is 22.3. The summed E-state index contributed by atoms with van der Waals surface area (Å²) in [6, 6.07) is 12.3. The lowest BCUT2D eigenvalue weighted by atomic mass is 9.95. The lowest BCUT2D eigenvalue weighted by Gasteiger charge is -2.22. The highest BCUT2D eigenvalue weighted by Crippen LogP contribution is 2.22. The van der Waals surface area contributed by atoms with Crippen LogP contribution in [0, 0.1) is 0 Å². The molecule has 1 aliphatic carbocycles. The molecule has 30 heavy (non-hydrogen) atoms. The van der Waals surface area contributed by atoms with Crippen LogP contribution in [0.5, 0.6) is 0 Å². The first-order valence-corrected chi connectivity index (χ1v) is 12.0. The molecule has 0 bridgehead atoms. The second-order valence-corrected chi connectivity index (χ2v) is 9.68. The Kier molecular flexibility index (Phi) is 7.49. The zero-order valence-corrected chi connectivity index (χ0v) is 18.7. The molecule has 2 aromatic rings. The number of hydrogen-bond donors (Lipinski definition) is 2. The highest BCUT2D eigenvalue weighted by molar-refractivity contribution is 9.10. The van der Waals surface area contributed by atoms with Crippen molar-refractivity contribution in [1.82, 2.24) is 5.32 Å². The number of carbonyl (C=O) groups excluding carboxylic acids is 2. The van der Waals surface area contributed by atoms with E-state index in [1.54, 1.807) is 24.3 Å². The number of nitrogens with one attached hydrogen (secondary N) is 2. The van der Waals surface area contributed by atoms with Gasteiger partial charge in [0.15, 0.2) is 6.61 Å². The van der Waals surface area contributed by atoms with Gasteiger partial charge < -0.3 is 10.1 Å². The molecule has 0 spiro atoms. The minimum atomic E-state index is -3.89. The summed E-state index contributed by atoms with van der Waals surface area (Å²) in [5, 5.41) is 2.87. The summed E-state index contributed by atoms with van der Waals surface area (Å²) in [5.74, 6) is -1.13. The van der Waals surface area contributed by atoms with Crippen molar-refractivity contribution < 1.29 is 22.7 Å². The number of ether oxygens (including phenoxy) is 1. The average Bonchev–Trinajstić information content (AvgIpc) is 2.73. The first-order chi connectivity index (χ1) is 14.3. The minimum Gasteiger partial charge on any atom is -0.452 e. The minimum absolute atomic E-state index is 0.0312. The van der Waals surface area contributed by atoms with Crippen LogP contribution in [0.4, 0.5) is 5.69 Å². The molecule has 0 aliphatic heterocycles. The van der Waals surface area contributed by atoms with Gasteiger partial charge in [-0.25, -0.2) is 13.2 Å². The van der Waals surface area contributed by atoms with Crippen molar-refractivity contribution in [3.63, 3.8) is 0 Å². The zero-order chi connectivity index (χ0) is 21.6. The van der Waals surface area contributed by atoms with Crippen LogP contribution in [-0.2, 0) is 19.6 Å². The SMILES string of the molecule is O=C(COC(=O)c1ccccc1NS(=O)(=O)c1ccc(Br)cc1)NC1CCCCC1. The lowest BCUT2D eigenvalue weighted by molar-refractivity contribution is -0.125. The summed E-state index contributed by atoms with van der Waals surface area (Å²) in [6.45, 7) is -0.414. The molecule has 9 heteroatoms. The summed E-state index contributed by atoms with van der Waals surface area (Å²) in [4.78, 5) is 24.6. The maximum Gasteiger partial charge on any atom is 0.340 e. The quantitative estimate of drug-likeness (QED) is 0.569. The third-order valence-electron chi connectivity index (χ3n) is 4.82. The third kappa shape index (κ3) is 6.06. The molecule has 0 atom stereocenters. The lowest BCUT2D eigenvalue weighted by Crippen LogP contribution is -2.38. The van der Waals surface area contributed by atoms with Gasteiger partial charge in [0.2, 0.25) is 0 Å². The molecule has 3 rings (SSSR count). The van der Waals surface area contributed by atoms with Gasteiger partial charge in [0.25, 0.3) is 15.9 Å². The Morgan fingerprint density at radius 2 is 1.67 bits per heavy atom. The Morgan fingerprint density at radius 3 is 2.37 bits per heavy atom. The molecular formula is C21H23BrN2O5S. The fourth-order valence-corrected chi connectivity index (χ4v) is 4.64. The highest BCUT2D eigenvalue weighted by atomic mass is 79.9. The predicted octanol–water partition coefficient (Wildman–Crippen LogP) is 3.86. The zero-order valence-electron chi connectivity index (χ0n) is 16.3. The van der Waals surface area contributed by atoms with E-state index in [0.29, 0.717) is 0 Å². The summed E-state index contributed by atoms with van der Waals surface area (Å²) in [7, 11) is -3.89. The van der Waals surface area contributed by atoms with Crippen molar-refractivity contribution in [2.24, 2.45) is 0 Å². The predicted molar refractivity (Wildman–Crippen MR) is 117 cm³/mol. The maximum atomic E-state index is 12.6. The van der Waals surface area contributed by atoms with E-state index in [9.17, 15) is 18.0 Å². The number of para-hydroxylation sites is 1. The van der Waals surface area contributed by atoms with E-state index in [4.69, 9.17) is 4.74 Å². The molecule has 2 N–H and O–H groups in total. The van der Waals surface area contributed by atoms with Crippen molar-refractivity contribution in [1.29, 1.82) is 0 Å². The van der Waals surface area contributed by atoms with E-state index in [1.807, 2.05) is 0 Å². The number of sulfonamides is 1. The Labute approximate surface area is 184 Å². The van der Waals surface area contributed by atoms with E-state index >= 15 is 0 Å². The molecule has 0 radical (unpaired) electrons. The molecular weight excluding hydrogens is 472 g/mol. The molecule has 1 amide bonds. The van der Waals surface area contributed by atoms with Gasteiger partial charge in [-0.1, -0.05) is 47.3 Å². The number of carbonyl (C=O) groups is 2. The molecule has 0 saturated heterocycles. The van der Waals surface area contributed by atoms with Gasteiger partial charge in [-0.05, 0) is 49.2 Å². The monoisotopic (exact) mass is 494 g/mol. The van der Waals surface area contributed by atoms with Gasteiger partial charge >= 0.3 is 5.97 Å². The molecule has 0 unspecified atom stereocenters. The van der Waals surface area contributed by atoms with E-state index in [2.05, 4.69) is 26.0 Å². The Balaban J connectivity index is 1.64. The standard InChI is InChI=1S/C21H23BrN2O5S/c22-15-10-12-17(13-11-15)30(27,28)24-19-9-5-4-8-18(19)21(26)29-14-20(25)23-16-6-2-1-3-7-16/h4-5,8-13,16,24H,1-3,6-7,14H2,(H,23,25). The second-order valence-electron chi connectivity index (χ2n) is 7.08. The molecule has 1 fully saturated rings. The molecule has 7 nitrogen and oxygen atoms in total. The number of amides is 1. The smallest absolute Gasteiger partial charge is 0.340 e. The Bertz CT molecular complexity index is 1000. The number of esters is 1. The van der Waals surface area contributed by atoms with E-state index in [0.717, 1.165) is 30.2 Å². The normalized spacial score (nSPS) is 14.7. The Morgan fingerprint density at radius 1 is 1.00 bits per heavy atom. The molecule has 0 aromatic heterocycles. The summed E-state index contributed by atoms with van der Waals surface area (Å²) < 4.78 is 33.5. The molecule has 0 heterocycles. The van der Waals surface area contributed by atoms with Crippen molar-refractivity contribution in [3.8, 4) is 0 Å². The number of hydrogen-bond acceptors (Lipinski definition) is 5. The van der Waals surface area contributed by atoms with E-state index in [1.165, 1.54) is 30.7 Å². The van der Waals surface area contributed by atoms with Crippen molar-refractivity contribution in [3.05, 3.63) is 58.6 Å². The Hall–Kier alpha value is -2.39. The molecule has 1 aliphatic rings. The van der Waals surface area contributed by atoms with Crippen LogP contribution in [0.2, 0.25) is 0 Å². The van der Waals surface area contributed by atoms with Crippen LogP contribution in [0.25, 0.3) is 0 Å². The van der Waals surface area contributed by atoms with Crippen LogP contribution in [0.3, 0.4) is 0 Å².